The number of hydrogen-bond donors (Lipinski definition) is 2. The van der Waals surface area contributed by atoms with Gasteiger partial charge < -0.3 is 10.0 Å². The maximum atomic E-state index is 12.5. The molecule has 150 valence electrons. The Morgan fingerprint density at radius 2 is 1.96 bits per heavy atom. The zero-order valence-corrected chi connectivity index (χ0v) is 16.6. The molecule has 1 N–H and O–H groups in total. The summed E-state index contributed by atoms with van der Waals surface area (Å²) in [4.78, 5) is 25.2. The van der Waals surface area contributed by atoms with Crippen LogP contribution in [0, 0.1) is 11.8 Å². The smallest absolute Gasteiger partial charge is 0.306 e. The minimum Gasteiger partial charge on any atom is -0.481 e. The van der Waals surface area contributed by atoms with E-state index in [1.807, 2.05) is 13.0 Å². The lowest BCUT2D eigenvalue weighted by Crippen LogP contribution is -2.40. The Bertz CT molecular complexity index is 710. The van der Waals surface area contributed by atoms with Crippen LogP contribution >= 0.6 is 0 Å². The highest BCUT2D eigenvalue weighted by Crippen LogP contribution is 2.33. The molecule has 0 aromatic rings. The first kappa shape index (κ1) is 21.2. The van der Waals surface area contributed by atoms with Gasteiger partial charge >= 0.3 is 5.97 Å². The quantitative estimate of drug-likeness (QED) is 0.669. The molecule has 0 aromatic heterocycles. The van der Waals surface area contributed by atoms with Crippen molar-refractivity contribution in [3.05, 3.63) is 36.1 Å². The topological polar surface area (TPSA) is 95.0 Å². The van der Waals surface area contributed by atoms with Crippen molar-refractivity contribution >= 4 is 22.8 Å². The molecule has 2 heterocycles. The van der Waals surface area contributed by atoms with Crippen molar-refractivity contribution in [2.75, 3.05) is 19.6 Å². The maximum Gasteiger partial charge on any atom is 0.306 e. The number of carboxylic acids is 1. The van der Waals surface area contributed by atoms with Crippen LogP contribution in [-0.2, 0) is 20.5 Å². The standard InChI is InChI=1S/C19H28N2O5S/c1-3-5-16-12-14(13-21(27(25)26)17(16)4-2)6-7-18(22)20-10-8-15(9-11-20)19(23)24/h3-5,14-15,27H,1,6-13H2,2H3,(H,23,24)/b16-5-,17-4+/t14-/m1/s1. The summed E-state index contributed by atoms with van der Waals surface area (Å²) in [6, 6.07) is 0. The van der Waals surface area contributed by atoms with E-state index in [-0.39, 0.29) is 17.7 Å². The number of allylic oxidation sites excluding steroid dienone is 4. The van der Waals surface area contributed by atoms with E-state index in [1.165, 1.54) is 4.31 Å². The molecule has 2 rings (SSSR count). The summed E-state index contributed by atoms with van der Waals surface area (Å²) in [5, 5.41) is 9.04. The van der Waals surface area contributed by atoms with E-state index in [1.54, 1.807) is 17.1 Å². The summed E-state index contributed by atoms with van der Waals surface area (Å²) in [7, 11) is -2.74. The molecule has 7 nitrogen and oxygen atoms in total. The lowest BCUT2D eigenvalue weighted by Gasteiger charge is -2.35. The van der Waals surface area contributed by atoms with Crippen molar-refractivity contribution in [3.63, 3.8) is 0 Å². The zero-order valence-electron chi connectivity index (χ0n) is 15.7. The molecular formula is C19H28N2O5S. The lowest BCUT2D eigenvalue weighted by atomic mass is 9.88. The van der Waals surface area contributed by atoms with Crippen molar-refractivity contribution in [3.8, 4) is 0 Å². The molecule has 2 aliphatic heterocycles. The second kappa shape index (κ2) is 9.73. The van der Waals surface area contributed by atoms with Crippen molar-refractivity contribution in [1.82, 2.24) is 9.21 Å². The monoisotopic (exact) mass is 396 g/mol. The second-order valence-corrected chi connectivity index (χ2v) is 7.98. The molecule has 27 heavy (non-hydrogen) atoms. The molecule has 0 aromatic carbocycles. The van der Waals surface area contributed by atoms with Gasteiger partial charge in [-0.3, -0.25) is 13.9 Å². The number of rotatable bonds is 6. The SMILES string of the molecule is C=C/C=C1/C[C@@H](CCC(=O)N2CCC(C(=O)O)CC2)CN([SH](=O)=O)/C1=C/C. The van der Waals surface area contributed by atoms with Crippen LogP contribution in [0.3, 0.4) is 0 Å². The third kappa shape index (κ3) is 5.45. The fourth-order valence-electron chi connectivity index (χ4n) is 3.83. The number of amides is 1. The summed E-state index contributed by atoms with van der Waals surface area (Å²) in [6.45, 7) is 6.83. The van der Waals surface area contributed by atoms with Crippen molar-refractivity contribution in [2.24, 2.45) is 11.8 Å². The van der Waals surface area contributed by atoms with Crippen LogP contribution in [-0.4, -0.2) is 54.2 Å². The number of carbonyl (C=O) groups excluding carboxylic acids is 1. The third-order valence-corrected chi connectivity index (χ3v) is 6.07. The van der Waals surface area contributed by atoms with Crippen LogP contribution in [0.2, 0.25) is 0 Å². The number of hydrogen-bond acceptors (Lipinski definition) is 4. The third-order valence-electron chi connectivity index (χ3n) is 5.30. The molecular weight excluding hydrogens is 368 g/mol. The molecule has 1 atom stereocenters. The highest BCUT2D eigenvalue weighted by atomic mass is 32.2. The van der Waals surface area contributed by atoms with Crippen LogP contribution in [0.4, 0.5) is 0 Å². The highest BCUT2D eigenvalue weighted by Gasteiger charge is 2.30. The van der Waals surface area contributed by atoms with Crippen molar-refractivity contribution in [1.29, 1.82) is 0 Å². The first-order chi connectivity index (χ1) is 12.9. The van der Waals surface area contributed by atoms with E-state index in [0.29, 0.717) is 57.4 Å². The Morgan fingerprint density at radius 1 is 1.30 bits per heavy atom. The van der Waals surface area contributed by atoms with Gasteiger partial charge in [0, 0.05) is 26.1 Å². The predicted octanol–water partition coefficient (Wildman–Crippen LogP) is 1.95. The summed E-state index contributed by atoms with van der Waals surface area (Å²) in [6.07, 6.45) is 7.90. The van der Waals surface area contributed by atoms with Crippen molar-refractivity contribution in [2.45, 2.75) is 39.0 Å². The summed E-state index contributed by atoms with van der Waals surface area (Å²) in [5.74, 6) is -1.08. The van der Waals surface area contributed by atoms with E-state index < -0.39 is 16.9 Å². The summed E-state index contributed by atoms with van der Waals surface area (Å²) < 4.78 is 24.6. The minimum absolute atomic E-state index is 0.0166. The van der Waals surface area contributed by atoms with E-state index in [4.69, 9.17) is 5.11 Å². The number of carbonyl (C=O) groups is 2. The molecule has 0 spiro atoms. The predicted molar refractivity (Wildman–Crippen MR) is 103 cm³/mol. The van der Waals surface area contributed by atoms with Gasteiger partial charge in [-0.1, -0.05) is 24.8 Å². The van der Waals surface area contributed by atoms with Gasteiger partial charge in [-0.2, -0.15) is 0 Å². The van der Waals surface area contributed by atoms with E-state index in [2.05, 4.69) is 6.58 Å². The van der Waals surface area contributed by atoms with Crippen LogP contribution in [0.15, 0.2) is 36.1 Å². The summed E-state index contributed by atoms with van der Waals surface area (Å²) >= 11 is 0. The molecule has 8 heteroatoms. The summed E-state index contributed by atoms with van der Waals surface area (Å²) in [5.41, 5.74) is 1.60. The molecule has 2 aliphatic rings. The number of carboxylic acid groups (broad SMARTS) is 1. The highest BCUT2D eigenvalue weighted by molar-refractivity contribution is 7.70. The van der Waals surface area contributed by atoms with Crippen LogP contribution < -0.4 is 0 Å². The Balaban J connectivity index is 1.95. The zero-order chi connectivity index (χ0) is 20.0. The van der Waals surface area contributed by atoms with Gasteiger partial charge in [0.1, 0.15) is 0 Å². The molecule has 0 unspecified atom stereocenters. The maximum absolute atomic E-state index is 12.5. The number of piperidine rings is 2. The Labute approximate surface area is 162 Å². The first-order valence-electron chi connectivity index (χ1n) is 9.28. The number of thiol groups is 1. The fraction of sp³-hybridized carbons (Fsp3) is 0.579. The minimum atomic E-state index is -2.74. The van der Waals surface area contributed by atoms with E-state index in [0.717, 1.165) is 5.57 Å². The first-order valence-corrected chi connectivity index (χ1v) is 10.4. The van der Waals surface area contributed by atoms with Gasteiger partial charge in [0.2, 0.25) is 16.8 Å². The van der Waals surface area contributed by atoms with Gasteiger partial charge in [0.25, 0.3) is 0 Å². The number of aliphatic carboxylic acids is 1. The lowest BCUT2D eigenvalue weighted by molar-refractivity contribution is -0.145. The molecule has 0 aliphatic carbocycles. The Kier molecular flexibility index (Phi) is 7.65. The Morgan fingerprint density at radius 3 is 2.48 bits per heavy atom. The van der Waals surface area contributed by atoms with Gasteiger partial charge in [0.15, 0.2) is 0 Å². The Hall–Kier alpha value is -2.09. The van der Waals surface area contributed by atoms with Gasteiger partial charge in [-0.15, -0.1) is 0 Å². The number of nitrogens with zero attached hydrogens (tertiary/aromatic N) is 2. The molecule has 0 bridgehead atoms. The second-order valence-electron chi connectivity index (χ2n) is 7.02. The van der Waals surface area contributed by atoms with Crippen molar-refractivity contribution < 1.29 is 23.1 Å². The van der Waals surface area contributed by atoms with E-state index >= 15 is 0 Å². The van der Waals surface area contributed by atoms with Gasteiger partial charge in [-0.25, -0.2) is 8.42 Å². The molecule has 0 saturated carbocycles. The molecule has 2 saturated heterocycles. The van der Waals surface area contributed by atoms with Gasteiger partial charge in [0.05, 0.1) is 11.6 Å². The fourth-order valence-corrected chi connectivity index (χ4v) is 4.61. The molecule has 1 amide bonds. The van der Waals surface area contributed by atoms with Crippen LogP contribution in [0.5, 0.6) is 0 Å². The molecule has 2 fully saturated rings. The van der Waals surface area contributed by atoms with Gasteiger partial charge in [-0.05, 0) is 44.1 Å². The normalized spacial score (nSPS) is 24.6. The number of likely N-dealkylation sites (tertiary alicyclic amines) is 1. The average Bonchev–Trinajstić information content (AvgIpc) is 2.65. The van der Waals surface area contributed by atoms with E-state index in [9.17, 15) is 18.0 Å². The van der Waals surface area contributed by atoms with Crippen LogP contribution in [0.1, 0.15) is 39.0 Å². The van der Waals surface area contributed by atoms with Crippen LogP contribution in [0.25, 0.3) is 0 Å². The molecule has 0 radical (unpaired) electrons. The average molecular weight is 397 g/mol. The largest absolute Gasteiger partial charge is 0.481 e.